The van der Waals surface area contributed by atoms with Gasteiger partial charge in [0.05, 0.1) is 12.4 Å². The lowest BCUT2D eigenvalue weighted by Crippen LogP contribution is -2.58. The number of amides is 4. The van der Waals surface area contributed by atoms with Crippen molar-refractivity contribution in [1.82, 2.24) is 25.9 Å². The Morgan fingerprint density at radius 1 is 0.943 bits per heavy atom. The van der Waals surface area contributed by atoms with Crippen molar-refractivity contribution < 1.29 is 39.0 Å². The van der Waals surface area contributed by atoms with E-state index in [0.29, 0.717) is 5.69 Å². The van der Waals surface area contributed by atoms with E-state index < -0.39 is 66.2 Å². The molecule has 1 rings (SSSR count). The van der Waals surface area contributed by atoms with E-state index in [1.54, 1.807) is 0 Å². The normalized spacial score (nSPS) is 14.1. The molecule has 4 atom stereocenters. The molecule has 194 valence electrons. The van der Waals surface area contributed by atoms with Gasteiger partial charge in [0, 0.05) is 36.9 Å². The fourth-order valence-corrected chi connectivity index (χ4v) is 3.05. The number of aromatic amines is 1. The number of imidazole rings is 1. The van der Waals surface area contributed by atoms with Crippen LogP contribution in [0.1, 0.15) is 31.4 Å². The summed E-state index contributed by atoms with van der Waals surface area (Å²) in [7, 11) is 0. The highest BCUT2D eigenvalue weighted by Gasteiger charge is 2.30. The third-order valence-electron chi connectivity index (χ3n) is 4.73. The molecule has 0 radical (unpaired) electrons. The first-order chi connectivity index (χ1) is 16.4. The van der Waals surface area contributed by atoms with Crippen molar-refractivity contribution in [3.05, 3.63) is 18.2 Å². The van der Waals surface area contributed by atoms with Gasteiger partial charge in [0.25, 0.3) is 0 Å². The van der Waals surface area contributed by atoms with Gasteiger partial charge in [-0.05, 0) is 12.8 Å². The highest BCUT2D eigenvalue weighted by Crippen LogP contribution is 2.04. The maximum absolute atomic E-state index is 12.9. The van der Waals surface area contributed by atoms with E-state index in [4.69, 9.17) is 16.6 Å². The fraction of sp³-hybridized carbons (Fsp3) is 0.526. The van der Waals surface area contributed by atoms with Crippen LogP contribution in [0.2, 0.25) is 0 Å². The quantitative estimate of drug-likeness (QED) is 0.1000. The minimum absolute atomic E-state index is 0.0475. The Morgan fingerprint density at radius 2 is 1.54 bits per heavy atom. The van der Waals surface area contributed by atoms with Gasteiger partial charge in [0.15, 0.2) is 0 Å². The van der Waals surface area contributed by atoms with Crippen LogP contribution < -0.4 is 27.4 Å². The molecule has 1 heterocycles. The highest BCUT2D eigenvalue weighted by molar-refractivity contribution is 7.80. The summed E-state index contributed by atoms with van der Waals surface area (Å²) in [4.78, 5) is 77.5. The third-order valence-corrected chi connectivity index (χ3v) is 5.09. The molecule has 0 saturated heterocycles. The Labute approximate surface area is 205 Å². The van der Waals surface area contributed by atoms with Gasteiger partial charge in [-0.1, -0.05) is 0 Å². The highest BCUT2D eigenvalue weighted by atomic mass is 32.1. The molecule has 16 heteroatoms. The van der Waals surface area contributed by atoms with Gasteiger partial charge in [-0.3, -0.25) is 24.0 Å². The third kappa shape index (κ3) is 10.9. The van der Waals surface area contributed by atoms with Crippen LogP contribution in [0.25, 0.3) is 0 Å². The van der Waals surface area contributed by atoms with Gasteiger partial charge in [-0.25, -0.2) is 9.78 Å². The van der Waals surface area contributed by atoms with Crippen LogP contribution in [0.3, 0.4) is 0 Å². The van der Waals surface area contributed by atoms with Gasteiger partial charge in [-0.2, -0.15) is 12.6 Å². The molecule has 0 aliphatic rings. The van der Waals surface area contributed by atoms with Crippen molar-refractivity contribution in [2.24, 2.45) is 11.5 Å². The van der Waals surface area contributed by atoms with E-state index >= 15 is 0 Å². The van der Waals surface area contributed by atoms with E-state index in [-0.39, 0.29) is 31.4 Å². The summed E-state index contributed by atoms with van der Waals surface area (Å²) >= 11 is 4.01. The minimum Gasteiger partial charge on any atom is -0.481 e. The number of aliphatic carboxylic acids is 2. The molecule has 4 amide bonds. The average molecular weight is 516 g/mol. The molecular weight excluding hydrogens is 486 g/mol. The smallest absolute Gasteiger partial charge is 0.326 e. The molecule has 0 aliphatic carbocycles. The van der Waals surface area contributed by atoms with Crippen LogP contribution in [0.15, 0.2) is 12.5 Å². The molecule has 10 N–H and O–H groups in total. The summed E-state index contributed by atoms with van der Waals surface area (Å²) in [5, 5.41) is 25.0. The van der Waals surface area contributed by atoms with E-state index in [0.717, 1.165) is 0 Å². The van der Waals surface area contributed by atoms with E-state index in [1.807, 2.05) is 0 Å². The Hall–Kier alpha value is -3.66. The first-order valence-electron chi connectivity index (χ1n) is 10.4. The maximum atomic E-state index is 12.9. The summed E-state index contributed by atoms with van der Waals surface area (Å²) in [5.74, 6) is -6.01. The second-order valence-corrected chi connectivity index (χ2v) is 7.89. The zero-order valence-corrected chi connectivity index (χ0v) is 19.5. The molecule has 0 aromatic carbocycles. The summed E-state index contributed by atoms with van der Waals surface area (Å²) in [6.07, 6.45) is 1.67. The Bertz CT molecular complexity index is 911. The number of primary amides is 1. The molecule has 4 unspecified atom stereocenters. The van der Waals surface area contributed by atoms with Crippen molar-refractivity contribution in [3.63, 3.8) is 0 Å². The maximum Gasteiger partial charge on any atom is 0.326 e. The largest absolute Gasteiger partial charge is 0.481 e. The molecule has 15 nitrogen and oxygen atoms in total. The van der Waals surface area contributed by atoms with Crippen LogP contribution in [0, 0.1) is 0 Å². The van der Waals surface area contributed by atoms with Crippen molar-refractivity contribution in [3.8, 4) is 0 Å². The zero-order valence-electron chi connectivity index (χ0n) is 18.6. The van der Waals surface area contributed by atoms with Crippen molar-refractivity contribution in [2.45, 2.75) is 56.3 Å². The summed E-state index contributed by atoms with van der Waals surface area (Å²) in [6, 6.07) is -5.15. The first kappa shape index (κ1) is 29.4. The number of nitrogens with zero attached hydrogens (tertiary/aromatic N) is 1. The number of aromatic nitrogens is 2. The van der Waals surface area contributed by atoms with E-state index in [2.05, 4.69) is 38.5 Å². The topological polar surface area (TPSA) is 260 Å². The lowest BCUT2D eigenvalue weighted by atomic mass is 10.1. The number of nitrogens with one attached hydrogen (secondary N) is 4. The van der Waals surface area contributed by atoms with E-state index in [9.17, 15) is 33.9 Å². The van der Waals surface area contributed by atoms with Crippen LogP contribution in [-0.2, 0) is 35.2 Å². The molecule has 35 heavy (non-hydrogen) atoms. The SMILES string of the molecule is NC(=O)CCC(N)C(=O)NC(Cc1cnc[nH]1)C(=O)NC(CS)C(=O)NC(CCC(=O)O)C(=O)O. The molecule has 0 fully saturated rings. The number of thiol groups is 1. The zero-order chi connectivity index (χ0) is 26.5. The molecular formula is C19H29N7O8S. The lowest BCUT2D eigenvalue weighted by molar-refractivity contribution is -0.143. The Kier molecular flexibility index (Phi) is 12.2. The van der Waals surface area contributed by atoms with Crippen molar-refractivity contribution in [1.29, 1.82) is 0 Å². The first-order valence-corrected chi connectivity index (χ1v) is 11.1. The minimum atomic E-state index is -1.50. The van der Waals surface area contributed by atoms with Crippen LogP contribution >= 0.6 is 12.6 Å². The lowest BCUT2D eigenvalue weighted by Gasteiger charge is -2.24. The Balaban J connectivity index is 2.90. The predicted molar refractivity (Wildman–Crippen MR) is 123 cm³/mol. The average Bonchev–Trinajstić information content (AvgIpc) is 3.30. The monoisotopic (exact) mass is 515 g/mol. The number of hydrogen-bond donors (Lipinski definition) is 9. The second kappa shape index (κ2) is 14.6. The van der Waals surface area contributed by atoms with Gasteiger partial charge in [0.2, 0.25) is 23.6 Å². The summed E-state index contributed by atoms with van der Waals surface area (Å²) in [6.45, 7) is 0. The standard InChI is InChI=1S/C19H29N7O8S/c20-10(1-3-14(21)27)16(30)25-12(5-9-6-22-8-23-9)17(31)26-13(7-35)18(32)24-11(19(33)34)2-4-15(28)29/h6,8,10-13,35H,1-5,7,20H2,(H2,21,27)(H,22,23)(H,24,32)(H,25,30)(H,26,31)(H,28,29)(H,33,34). The van der Waals surface area contributed by atoms with Gasteiger partial charge in [0.1, 0.15) is 18.1 Å². The fourth-order valence-electron chi connectivity index (χ4n) is 2.80. The molecule has 0 saturated carbocycles. The Morgan fingerprint density at radius 3 is 2.06 bits per heavy atom. The molecule has 0 bridgehead atoms. The van der Waals surface area contributed by atoms with Gasteiger partial charge in [-0.15, -0.1) is 0 Å². The summed E-state index contributed by atoms with van der Waals surface area (Å²) in [5.41, 5.74) is 11.3. The number of carboxylic acids is 2. The van der Waals surface area contributed by atoms with E-state index in [1.165, 1.54) is 12.5 Å². The van der Waals surface area contributed by atoms with Crippen molar-refractivity contribution in [2.75, 3.05) is 5.75 Å². The number of carboxylic acid groups (broad SMARTS) is 2. The van der Waals surface area contributed by atoms with Gasteiger partial charge < -0.3 is 42.6 Å². The molecule has 1 aromatic rings. The van der Waals surface area contributed by atoms with Gasteiger partial charge >= 0.3 is 11.9 Å². The number of hydrogen-bond acceptors (Lipinski definition) is 9. The number of carbonyl (C=O) groups is 6. The number of nitrogens with two attached hydrogens (primary N) is 2. The second-order valence-electron chi connectivity index (χ2n) is 7.53. The molecule has 1 aromatic heterocycles. The van der Waals surface area contributed by atoms with Crippen LogP contribution in [0.4, 0.5) is 0 Å². The predicted octanol–water partition coefficient (Wildman–Crippen LogP) is -3.12. The number of H-pyrrole nitrogens is 1. The van der Waals surface area contributed by atoms with Crippen LogP contribution in [-0.4, -0.2) is 85.7 Å². The number of carbonyl (C=O) groups excluding carboxylic acids is 4. The summed E-state index contributed by atoms with van der Waals surface area (Å²) < 4.78 is 0. The molecule has 0 aliphatic heterocycles. The number of rotatable bonds is 16. The van der Waals surface area contributed by atoms with Crippen LogP contribution in [0.5, 0.6) is 0 Å². The molecule has 0 spiro atoms. The van der Waals surface area contributed by atoms with Crippen molar-refractivity contribution >= 4 is 48.2 Å².